The molecular formula is C14H20N4O2. The van der Waals surface area contributed by atoms with Crippen LogP contribution in [0, 0.1) is 5.92 Å². The predicted molar refractivity (Wildman–Crippen MR) is 74.3 cm³/mol. The van der Waals surface area contributed by atoms with Gasteiger partial charge in [-0.2, -0.15) is 5.10 Å². The van der Waals surface area contributed by atoms with Crippen LogP contribution in [0.1, 0.15) is 31.3 Å². The lowest BCUT2D eigenvalue weighted by Crippen LogP contribution is -2.13. The first kappa shape index (κ1) is 14.5. The molecule has 0 amide bonds. The van der Waals surface area contributed by atoms with E-state index in [0.717, 1.165) is 12.4 Å². The van der Waals surface area contributed by atoms with Gasteiger partial charge in [-0.05, 0) is 12.0 Å². The Morgan fingerprint density at radius 3 is 2.90 bits per heavy atom. The SMILES string of the molecule is COc1cnccc1C(O)Cc1ncnn1CC(C)C. The van der Waals surface area contributed by atoms with E-state index in [1.807, 2.05) is 4.68 Å². The molecule has 20 heavy (non-hydrogen) atoms. The highest BCUT2D eigenvalue weighted by Gasteiger charge is 2.17. The fourth-order valence-electron chi connectivity index (χ4n) is 2.06. The smallest absolute Gasteiger partial charge is 0.142 e. The molecule has 0 aliphatic heterocycles. The van der Waals surface area contributed by atoms with E-state index >= 15 is 0 Å². The maximum atomic E-state index is 10.4. The van der Waals surface area contributed by atoms with E-state index in [1.54, 1.807) is 25.6 Å². The van der Waals surface area contributed by atoms with Gasteiger partial charge in [-0.3, -0.25) is 4.98 Å². The van der Waals surface area contributed by atoms with Crippen LogP contribution in [0.5, 0.6) is 5.75 Å². The summed E-state index contributed by atoms with van der Waals surface area (Å²) in [4.78, 5) is 8.21. The molecule has 0 aliphatic rings. The number of ether oxygens (including phenoxy) is 1. The number of aromatic nitrogens is 4. The minimum atomic E-state index is -0.692. The van der Waals surface area contributed by atoms with Crippen LogP contribution in [0.2, 0.25) is 0 Å². The number of pyridine rings is 1. The highest BCUT2D eigenvalue weighted by Crippen LogP contribution is 2.25. The largest absolute Gasteiger partial charge is 0.495 e. The van der Waals surface area contributed by atoms with Gasteiger partial charge in [0.05, 0.1) is 19.4 Å². The minimum Gasteiger partial charge on any atom is -0.495 e. The zero-order valence-electron chi connectivity index (χ0n) is 12.0. The van der Waals surface area contributed by atoms with Crippen molar-refractivity contribution in [3.05, 3.63) is 36.2 Å². The molecule has 6 heteroatoms. The van der Waals surface area contributed by atoms with Crippen LogP contribution in [0.15, 0.2) is 24.8 Å². The summed E-state index contributed by atoms with van der Waals surface area (Å²) in [6.07, 6.45) is 4.46. The van der Waals surface area contributed by atoms with E-state index < -0.39 is 6.10 Å². The molecule has 2 heterocycles. The number of nitrogens with zero attached hydrogens (tertiary/aromatic N) is 4. The van der Waals surface area contributed by atoms with Crippen LogP contribution in [0.4, 0.5) is 0 Å². The Morgan fingerprint density at radius 1 is 1.40 bits per heavy atom. The van der Waals surface area contributed by atoms with E-state index in [9.17, 15) is 5.11 Å². The van der Waals surface area contributed by atoms with Crippen LogP contribution < -0.4 is 4.74 Å². The van der Waals surface area contributed by atoms with E-state index in [4.69, 9.17) is 4.74 Å². The fourth-order valence-corrected chi connectivity index (χ4v) is 2.06. The number of hydrogen-bond donors (Lipinski definition) is 1. The summed E-state index contributed by atoms with van der Waals surface area (Å²) in [7, 11) is 1.56. The highest BCUT2D eigenvalue weighted by molar-refractivity contribution is 5.32. The molecule has 0 fully saturated rings. The average molecular weight is 276 g/mol. The molecule has 6 nitrogen and oxygen atoms in total. The van der Waals surface area contributed by atoms with E-state index in [0.29, 0.717) is 23.7 Å². The third kappa shape index (κ3) is 3.33. The van der Waals surface area contributed by atoms with Crippen molar-refractivity contribution < 1.29 is 9.84 Å². The summed E-state index contributed by atoms with van der Waals surface area (Å²) >= 11 is 0. The van der Waals surface area contributed by atoms with Gasteiger partial charge in [-0.15, -0.1) is 0 Å². The van der Waals surface area contributed by atoms with Gasteiger partial charge in [0.2, 0.25) is 0 Å². The lowest BCUT2D eigenvalue weighted by molar-refractivity contribution is 0.169. The van der Waals surface area contributed by atoms with Crippen LogP contribution >= 0.6 is 0 Å². The van der Waals surface area contributed by atoms with Crippen molar-refractivity contribution in [2.75, 3.05) is 7.11 Å². The van der Waals surface area contributed by atoms with Crippen LogP contribution in [0.3, 0.4) is 0 Å². The molecule has 2 aromatic heterocycles. The highest BCUT2D eigenvalue weighted by atomic mass is 16.5. The van der Waals surface area contributed by atoms with Gasteiger partial charge < -0.3 is 9.84 Å². The van der Waals surface area contributed by atoms with Gasteiger partial charge in [0.1, 0.15) is 17.9 Å². The first-order chi connectivity index (χ1) is 9.61. The Balaban J connectivity index is 2.15. The maximum absolute atomic E-state index is 10.4. The topological polar surface area (TPSA) is 73.1 Å². The molecule has 0 aromatic carbocycles. The zero-order valence-corrected chi connectivity index (χ0v) is 12.0. The van der Waals surface area contributed by atoms with E-state index in [-0.39, 0.29) is 0 Å². The van der Waals surface area contributed by atoms with Gasteiger partial charge in [-0.25, -0.2) is 9.67 Å². The van der Waals surface area contributed by atoms with Crippen LogP contribution in [-0.4, -0.2) is 32.0 Å². The maximum Gasteiger partial charge on any atom is 0.142 e. The van der Waals surface area contributed by atoms with Crippen molar-refractivity contribution >= 4 is 0 Å². The number of methoxy groups -OCH3 is 1. The number of rotatable bonds is 6. The molecule has 2 rings (SSSR count). The standard InChI is InChI=1S/C14H20N4O2/c1-10(2)8-18-14(16-9-17-18)6-12(19)11-4-5-15-7-13(11)20-3/h4-5,7,9-10,12,19H,6,8H2,1-3H3. The molecule has 0 saturated carbocycles. The second kappa shape index (κ2) is 6.47. The molecule has 0 aliphatic carbocycles. The van der Waals surface area contributed by atoms with Gasteiger partial charge >= 0.3 is 0 Å². The zero-order chi connectivity index (χ0) is 14.5. The molecular weight excluding hydrogens is 256 g/mol. The third-order valence-electron chi connectivity index (χ3n) is 3.01. The molecule has 0 radical (unpaired) electrons. The third-order valence-corrected chi connectivity index (χ3v) is 3.01. The van der Waals surface area contributed by atoms with E-state index in [2.05, 4.69) is 28.9 Å². The first-order valence-corrected chi connectivity index (χ1v) is 6.64. The van der Waals surface area contributed by atoms with Gasteiger partial charge in [0.25, 0.3) is 0 Å². The summed E-state index contributed by atoms with van der Waals surface area (Å²) < 4.78 is 7.05. The summed E-state index contributed by atoms with van der Waals surface area (Å²) in [5, 5.41) is 14.6. The summed E-state index contributed by atoms with van der Waals surface area (Å²) in [5.41, 5.74) is 0.710. The van der Waals surface area contributed by atoms with Crippen molar-refractivity contribution in [1.82, 2.24) is 19.7 Å². The minimum absolute atomic E-state index is 0.396. The Morgan fingerprint density at radius 2 is 2.20 bits per heavy atom. The summed E-state index contributed by atoms with van der Waals surface area (Å²) in [6.45, 7) is 5.02. The lowest BCUT2D eigenvalue weighted by atomic mass is 10.1. The van der Waals surface area contributed by atoms with Crippen LogP contribution in [0.25, 0.3) is 0 Å². The second-order valence-corrected chi connectivity index (χ2v) is 5.09. The molecule has 0 spiro atoms. The van der Waals surface area contributed by atoms with Crippen molar-refractivity contribution in [1.29, 1.82) is 0 Å². The molecule has 0 bridgehead atoms. The molecule has 108 valence electrons. The van der Waals surface area contributed by atoms with Crippen molar-refractivity contribution in [2.45, 2.75) is 32.9 Å². The monoisotopic (exact) mass is 276 g/mol. The first-order valence-electron chi connectivity index (χ1n) is 6.64. The van der Waals surface area contributed by atoms with Gasteiger partial charge in [0, 0.05) is 24.7 Å². The number of hydrogen-bond acceptors (Lipinski definition) is 5. The predicted octanol–water partition coefficient (Wildman–Crippen LogP) is 1.61. The molecule has 0 saturated heterocycles. The average Bonchev–Trinajstić information content (AvgIpc) is 2.85. The fraction of sp³-hybridized carbons (Fsp3) is 0.500. The number of aliphatic hydroxyl groups excluding tert-OH is 1. The number of aliphatic hydroxyl groups is 1. The van der Waals surface area contributed by atoms with Crippen LogP contribution in [-0.2, 0) is 13.0 Å². The quantitative estimate of drug-likeness (QED) is 0.867. The Labute approximate surface area is 118 Å². The Kier molecular flexibility index (Phi) is 4.68. The summed E-state index contributed by atoms with van der Waals surface area (Å²) in [5.74, 6) is 1.82. The van der Waals surface area contributed by atoms with Crippen molar-refractivity contribution in [3.8, 4) is 5.75 Å². The molecule has 1 unspecified atom stereocenters. The second-order valence-electron chi connectivity index (χ2n) is 5.09. The van der Waals surface area contributed by atoms with Gasteiger partial charge in [-0.1, -0.05) is 13.8 Å². The molecule has 1 atom stereocenters. The molecule has 1 N–H and O–H groups in total. The van der Waals surface area contributed by atoms with Gasteiger partial charge in [0.15, 0.2) is 0 Å². The lowest BCUT2D eigenvalue weighted by Gasteiger charge is -2.15. The van der Waals surface area contributed by atoms with Crippen molar-refractivity contribution in [3.63, 3.8) is 0 Å². The summed E-state index contributed by atoms with van der Waals surface area (Å²) in [6, 6.07) is 1.76. The Hall–Kier alpha value is -1.95. The normalized spacial score (nSPS) is 12.7. The van der Waals surface area contributed by atoms with Crippen molar-refractivity contribution in [2.24, 2.45) is 5.92 Å². The Bertz CT molecular complexity index is 554. The molecule has 2 aromatic rings. The van der Waals surface area contributed by atoms with E-state index in [1.165, 1.54) is 6.33 Å².